The Hall–Kier alpha value is -1.00. The summed E-state index contributed by atoms with van der Waals surface area (Å²) in [5, 5.41) is 3.41. The molecule has 1 aliphatic rings. The maximum absolute atomic E-state index is 13.0. The molecule has 0 saturated carbocycles. The number of ether oxygens (including phenoxy) is 1. The smallest absolute Gasteiger partial charge is 0.126 e. The van der Waals surface area contributed by atoms with Gasteiger partial charge in [-0.05, 0) is 50.4 Å². The molecule has 0 aliphatic carbocycles. The lowest BCUT2D eigenvalue weighted by Crippen LogP contribution is -2.38. The first-order chi connectivity index (χ1) is 8.63. The Kier molecular flexibility index (Phi) is 4.66. The summed E-state index contributed by atoms with van der Waals surface area (Å²) >= 11 is 0. The standard InChI is InChI=1S/C14H19F2NO/c1-10-6-14(3-5-18-10)17-4-2-11-7-12(15)9-13(16)8-11/h7-10,14,17H,2-6H2,1H3. The van der Waals surface area contributed by atoms with E-state index in [1.54, 1.807) is 0 Å². The number of nitrogens with one attached hydrogen (secondary N) is 1. The van der Waals surface area contributed by atoms with Gasteiger partial charge in [-0.1, -0.05) is 0 Å². The number of halogens is 2. The van der Waals surface area contributed by atoms with Crippen molar-refractivity contribution in [2.45, 2.75) is 38.3 Å². The molecule has 100 valence electrons. The van der Waals surface area contributed by atoms with Crippen molar-refractivity contribution in [2.75, 3.05) is 13.2 Å². The molecule has 0 bridgehead atoms. The molecule has 0 spiro atoms. The summed E-state index contributed by atoms with van der Waals surface area (Å²) in [6, 6.07) is 4.12. The van der Waals surface area contributed by atoms with E-state index < -0.39 is 11.6 Å². The molecule has 2 unspecified atom stereocenters. The third-order valence-electron chi connectivity index (χ3n) is 3.25. The molecule has 1 N–H and O–H groups in total. The topological polar surface area (TPSA) is 21.3 Å². The minimum Gasteiger partial charge on any atom is -0.378 e. The summed E-state index contributed by atoms with van der Waals surface area (Å²) < 4.78 is 31.4. The molecule has 0 aromatic heterocycles. The van der Waals surface area contributed by atoms with E-state index in [1.807, 2.05) is 0 Å². The maximum atomic E-state index is 13.0. The van der Waals surface area contributed by atoms with Gasteiger partial charge in [-0.2, -0.15) is 0 Å². The summed E-state index contributed by atoms with van der Waals surface area (Å²) in [5.41, 5.74) is 0.695. The van der Waals surface area contributed by atoms with E-state index in [0.717, 1.165) is 32.1 Å². The predicted molar refractivity (Wildman–Crippen MR) is 66.5 cm³/mol. The van der Waals surface area contributed by atoms with Crippen LogP contribution < -0.4 is 5.32 Å². The van der Waals surface area contributed by atoms with E-state index in [4.69, 9.17) is 4.74 Å². The molecule has 1 fully saturated rings. The van der Waals surface area contributed by atoms with Crippen molar-refractivity contribution < 1.29 is 13.5 Å². The van der Waals surface area contributed by atoms with Crippen LogP contribution in [0.2, 0.25) is 0 Å². The largest absolute Gasteiger partial charge is 0.378 e. The third kappa shape index (κ3) is 4.03. The lowest BCUT2D eigenvalue weighted by atomic mass is 10.0. The zero-order valence-corrected chi connectivity index (χ0v) is 10.6. The number of benzene rings is 1. The highest BCUT2D eigenvalue weighted by molar-refractivity contribution is 5.18. The van der Waals surface area contributed by atoms with Gasteiger partial charge in [-0.25, -0.2) is 8.78 Å². The fraction of sp³-hybridized carbons (Fsp3) is 0.571. The molecule has 4 heteroatoms. The molecule has 2 rings (SSSR count). The van der Waals surface area contributed by atoms with Crippen LogP contribution in [0.4, 0.5) is 8.78 Å². The van der Waals surface area contributed by atoms with Gasteiger partial charge in [0.15, 0.2) is 0 Å². The highest BCUT2D eigenvalue weighted by atomic mass is 19.1. The maximum Gasteiger partial charge on any atom is 0.126 e. The van der Waals surface area contributed by atoms with Crippen molar-refractivity contribution in [3.63, 3.8) is 0 Å². The monoisotopic (exact) mass is 255 g/mol. The van der Waals surface area contributed by atoms with Gasteiger partial charge in [0.25, 0.3) is 0 Å². The van der Waals surface area contributed by atoms with Gasteiger partial charge >= 0.3 is 0 Å². The minimum absolute atomic E-state index is 0.294. The summed E-state index contributed by atoms with van der Waals surface area (Å²) in [7, 11) is 0. The van der Waals surface area contributed by atoms with Crippen molar-refractivity contribution in [1.82, 2.24) is 5.32 Å². The Morgan fingerprint density at radius 3 is 2.67 bits per heavy atom. The number of hydrogen-bond donors (Lipinski definition) is 1. The summed E-state index contributed by atoms with van der Waals surface area (Å²) in [4.78, 5) is 0. The molecule has 1 heterocycles. The van der Waals surface area contributed by atoms with E-state index in [2.05, 4.69) is 12.2 Å². The highest BCUT2D eigenvalue weighted by Gasteiger charge is 2.18. The SMILES string of the molecule is CC1CC(NCCc2cc(F)cc(F)c2)CCO1. The molecular formula is C14H19F2NO. The molecule has 2 nitrogen and oxygen atoms in total. The zero-order valence-electron chi connectivity index (χ0n) is 10.6. The van der Waals surface area contributed by atoms with Gasteiger partial charge in [0.05, 0.1) is 6.10 Å². The summed E-state index contributed by atoms with van der Waals surface area (Å²) in [6.45, 7) is 3.59. The molecule has 1 aromatic carbocycles. The van der Waals surface area contributed by atoms with Gasteiger partial charge in [-0.15, -0.1) is 0 Å². The zero-order chi connectivity index (χ0) is 13.0. The van der Waals surface area contributed by atoms with E-state index in [0.29, 0.717) is 24.1 Å². The average Bonchev–Trinajstić information content (AvgIpc) is 2.27. The molecule has 1 aromatic rings. The van der Waals surface area contributed by atoms with Crippen LogP contribution in [0.3, 0.4) is 0 Å². The van der Waals surface area contributed by atoms with Gasteiger partial charge in [-0.3, -0.25) is 0 Å². The van der Waals surface area contributed by atoms with Gasteiger partial charge in [0.1, 0.15) is 11.6 Å². The van der Waals surface area contributed by atoms with Gasteiger partial charge in [0.2, 0.25) is 0 Å². The molecule has 1 saturated heterocycles. The highest BCUT2D eigenvalue weighted by Crippen LogP contribution is 2.13. The molecule has 0 radical (unpaired) electrons. The first kappa shape index (κ1) is 13.4. The number of hydrogen-bond acceptors (Lipinski definition) is 2. The van der Waals surface area contributed by atoms with Crippen molar-refractivity contribution in [3.8, 4) is 0 Å². The first-order valence-electron chi connectivity index (χ1n) is 6.43. The van der Waals surface area contributed by atoms with Crippen molar-refractivity contribution >= 4 is 0 Å². The quantitative estimate of drug-likeness (QED) is 0.893. The van der Waals surface area contributed by atoms with Crippen LogP contribution in [0.5, 0.6) is 0 Å². The summed E-state index contributed by atoms with van der Waals surface area (Å²) in [5.74, 6) is -1.02. The second-order valence-corrected chi connectivity index (χ2v) is 4.88. The Labute approximate surface area is 106 Å². The Balaban J connectivity index is 1.77. The van der Waals surface area contributed by atoms with Crippen LogP contribution in [0, 0.1) is 11.6 Å². The second kappa shape index (κ2) is 6.25. The molecule has 18 heavy (non-hydrogen) atoms. The van der Waals surface area contributed by atoms with E-state index in [1.165, 1.54) is 12.1 Å². The average molecular weight is 255 g/mol. The van der Waals surface area contributed by atoms with Crippen LogP contribution in [0.15, 0.2) is 18.2 Å². The fourth-order valence-electron chi connectivity index (χ4n) is 2.36. The first-order valence-corrected chi connectivity index (χ1v) is 6.43. The van der Waals surface area contributed by atoms with Gasteiger partial charge < -0.3 is 10.1 Å². The molecule has 1 aliphatic heterocycles. The minimum atomic E-state index is -0.510. The van der Waals surface area contributed by atoms with Crippen LogP contribution in [-0.4, -0.2) is 25.3 Å². The van der Waals surface area contributed by atoms with Gasteiger partial charge in [0, 0.05) is 18.7 Å². The molecule has 2 atom stereocenters. The summed E-state index contributed by atoms with van der Waals surface area (Å²) in [6.07, 6.45) is 2.93. The van der Waals surface area contributed by atoms with Crippen molar-refractivity contribution in [3.05, 3.63) is 35.4 Å². The Bertz CT molecular complexity index is 377. The lowest BCUT2D eigenvalue weighted by molar-refractivity contribution is 0.0135. The lowest BCUT2D eigenvalue weighted by Gasteiger charge is -2.28. The van der Waals surface area contributed by atoms with Crippen LogP contribution in [-0.2, 0) is 11.2 Å². The molecular weight excluding hydrogens is 236 g/mol. The molecule has 0 amide bonds. The predicted octanol–water partition coefficient (Wildman–Crippen LogP) is 2.66. The van der Waals surface area contributed by atoms with Crippen molar-refractivity contribution in [1.29, 1.82) is 0 Å². The van der Waals surface area contributed by atoms with E-state index in [-0.39, 0.29) is 0 Å². The van der Waals surface area contributed by atoms with Crippen molar-refractivity contribution in [2.24, 2.45) is 0 Å². The number of rotatable bonds is 4. The van der Waals surface area contributed by atoms with E-state index >= 15 is 0 Å². The van der Waals surface area contributed by atoms with E-state index in [9.17, 15) is 8.78 Å². The van der Waals surface area contributed by atoms with Crippen LogP contribution >= 0.6 is 0 Å². The van der Waals surface area contributed by atoms with Crippen LogP contribution in [0.25, 0.3) is 0 Å². The Morgan fingerprint density at radius 2 is 2.00 bits per heavy atom. The normalized spacial score (nSPS) is 24.2. The third-order valence-corrected chi connectivity index (χ3v) is 3.25. The second-order valence-electron chi connectivity index (χ2n) is 4.88. The van der Waals surface area contributed by atoms with Crippen LogP contribution in [0.1, 0.15) is 25.3 Å². The Morgan fingerprint density at radius 1 is 1.28 bits per heavy atom. The fourth-order valence-corrected chi connectivity index (χ4v) is 2.36.